The van der Waals surface area contributed by atoms with Gasteiger partial charge < -0.3 is 9.72 Å². The molecule has 0 aromatic carbocycles. The zero-order chi connectivity index (χ0) is 8.10. The first kappa shape index (κ1) is 8.13. The molecule has 60 valence electrons. The number of hydrogen-bond acceptors (Lipinski definition) is 4. The van der Waals surface area contributed by atoms with Crippen molar-refractivity contribution in [3.05, 3.63) is 18.2 Å². The van der Waals surface area contributed by atoms with Gasteiger partial charge in [-0.15, -0.1) is 0 Å². The molecule has 1 aromatic heterocycles. The number of ether oxygens (including phenoxy) is 1. The van der Waals surface area contributed by atoms with Gasteiger partial charge >= 0.3 is 5.97 Å². The third-order valence-corrected chi connectivity index (χ3v) is 1.21. The molecule has 0 saturated carbocycles. The molecule has 1 rings (SSSR count). The summed E-state index contributed by atoms with van der Waals surface area (Å²) in [6, 6.07) is 0. The van der Waals surface area contributed by atoms with Crippen molar-refractivity contribution in [1.82, 2.24) is 9.97 Å². The third-order valence-electron chi connectivity index (χ3n) is 1.03. The molecular formula is C6H8N2O2S. The average Bonchev–Trinajstić information content (AvgIpc) is 2.52. The molecule has 4 nitrogen and oxygen atoms in total. The van der Waals surface area contributed by atoms with Crippen molar-refractivity contribution in [2.24, 2.45) is 0 Å². The van der Waals surface area contributed by atoms with Crippen LogP contribution in [0.1, 0.15) is 10.5 Å². The average molecular weight is 172 g/mol. The van der Waals surface area contributed by atoms with E-state index in [0.29, 0.717) is 18.1 Å². The lowest BCUT2D eigenvalue weighted by atomic mass is 10.5. The third kappa shape index (κ3) is 2.27. The highest BCUT2D eigenvalue weighted by molar-refractivity contribution is 7.80. The van der Waals surface area contributed by atoms with Crippen LogP contribution in [0.5, 0.6) is 0 Å². The number of nitrogens with one attached hydrogen (secondary N) is 1. The van der Waals surface area contributed by atoms with E-state index in [1.165, 1.54) is 12.5 Å². The van der Waals surface area contributed by atoms with Crippen molar-refractivity contribution in [2.75, 3.05) is 12.4 Å². The number of aromatic amines is 1. The number of esters is 1. The van der Waals surface area contributed by atoms with E-state index < -0.39 is 5.97 Å². The van der Waals surface area contributed by atoms with Gasteiger partial charge in [0.05, 0.1) is 6.33 Å². The Balaban J connectivity index is 2.43. The van der Waals surface area contributed by atoms with Crippen LogP contribution >= 0.6 is 12.6 Å². The number of H-pyrrole nitrogens is 1. The zero-order valence-electron chi connectivity index (χ0n) is 5.78. The first-order chi connectivity index (χ1) is 5.34. The summed E-state index contributed by atoms with van der Waals surface area (Å²) in [5.74, 6) is 0.108. The van der Waals surface area contributed by atoms with Crippen molar-refractivity contribution in [2.45, 2.75) is 0 Å². The Kier molecular flexibility index (Phi) is 2.97. The van der Waals surface area contributed by atoms with Crippen molar-refractivity contribution in [3.8, 4) is 0 Å². The summed E-state index contributed by atoms with van der Waals surface area (Å²) in [6.07, 6.45) is 2.91. The predicted octanol–water partition coefficient (Wildman–Crippen LogP) is 0.496. The molecule has 1 N–H and O–H groups in total. The van der Waals surface area contributed by atoms with Gasteiger partial charge in [0, 0.05) is 11.9 Å². The van der Waals surface area contributed by atoms with E-state index in [2.05, 4.69) is 22.6 Å². The van der Waals surface area contributed by atoms with Crippen molar-refractivity contribution in [1.29, 1.82) is 0 Å². The van der Waals surface area contributed by atoms with Gasteiger partial charge in [-0.2, -0.15) is 12.6 Å². The number of hydrogen-bond donors (Lipinski definition) is 2. The molecule has 0 aliphatic carbocycles. The molecule has 0 aliphatic heterocycles. The largest absolute Gasteiger partial charge is 0.460 e. The van der Waals surface area contributed by atoms with E-state index in [0.717, 1.165) is 0 Å². The summed E-state index contributed by atoms with van der Waals surface area (Å²) in [4.78, 5) is 17.3. The van der Waals surface area contributed by atoms with E-state index >= 15 is 0 Å². The predicted molar refractivity (Wildman–Crippen MR) is 42.7 cm³/mol. The van der Waals surface area contributed by atoms with Crippen molar-refractivity contribution in [3.63, 3.8) is 0 Å². The SMILES string of the molecule is O=C(OCCS)c1c[nH]cn1. The topological polar surface area (TPSA) is 55.0 Å². The lowest BCUT2D eigenvalue weighted by molar-refractivity contribution is 0.0524. The molecule has 0 unspecified atom stereocenters. The molecule has 0 spiro atoms. The standard InChI is InChI=1S/C6H8N2O2S/c9-6(10-1-2-11)5-3-7-4-8-5/h3-4,11H,1-2H2,(H,7,8). The highest BCUT2D eigenvalue weighted by Gasteiger charge is 2.06. The van der Waals surface area contributed by atoms with E-state index in [9.17, 15) is 4.79 Å². The summed E-state index contributed by atoms with van der Waals surface area (Å²) in [7, 11) is 0. The maximum absolute atomic E-state index is 10.9. The number of imidazole rings is 1. The van der Waals surface area contributed by atoms with E-state index in [1.807, 2.05) is 0 Å². The number of carbonyl (C=O) groups is 1. The molecular weight excluding hydrogens is 164 g/mol. The van der Waals surface area contributed by atoms with Crippen LogP contribution in [0.25, 0.3) is 0 Å². The Hall–Kier alpha value is -0.970. The van der Waals surface area contributed by atoms with Crippen LogP contribution < -0.4 is 0 Å². The zero-order valence-corrected chi connectivity index (χ0v) is 6.67. The minimum Gasteiger partial charge on any atom is -0.460 e. The van der Waals surface area contributed by atoms with Crippen LogP contribution in [0.15, 0.2) is 12.5 Å². The number of nitrogens with zero attached hydrogens (tertiary/aromatic N) is 1. The van der Waals surface area contributed by atoms with E-state index in [1.54, 1.807) is 0 Å². The molecule has 0 aliphatic rings. The molecule has 0 atom stereocenters. The number of carbonyl (C=O) groups excluding carboxylic acids is 1. The Labute approximate surface area is 69.4 Å². The van der Waals surface area contributed by atoms with Crippen LogP contribution in [-0.4, -0.2) is 28.3 Å². The Morgan fingerprint density at radius 2 is 2.64 bits per heavy atom. The summed E-state index contributed by atoms with van der Waals surface area (Å²) in [6.45, 7) is 0.314. The quantitative estimate of drug-likeness (QED) is 0.515. The van der Waals surface area contributed by atoms with Crippen LogP contribution in [0.2, 0.25) is 0 Å². The minimum atomic E-state index is -0.416. The van der Waals surface area contributed by atoms with Gasteiger partial charge in [-0.25, -0.2) is 9.78 Å². The fraction of sp³-hybridized carbons (Fsp3) is 0.333. The normalized spacial score (nSPS) is 9.55. The molecule has 1 heterocycles. The molecule has 0 bridgehead atoms. The minimum absolute atomic E-state index is 0.298. The Morgan fingerprint density at radius 3 is 3.18 bits per heavy atom. The van der Waals surface area contributed by atoms with Gasteiger partial charge in [0.25, 0.3) is 0 Å². The van der Waals surface area contributed by atoms with Gasteiger partial charge in [0.15, 0.2) is 5.69 Å². The van der Waals surface area contributed by atoms with Crippen molar-refractivity contribution >= 4 is 18.6 Å². The molecule has 11 heavy (non-hydrogen) atoms. The summed E-state index contributed by atoms with van der Waals surface area (Å²) >= 11 is 3.89. The maximum Gasteiger partial charge on any atom is 0.358 e. The van der Waals surface area contributed by atoms with Gasteiger partial charge in [-0.1, -0.05) is 0 Å². The molecule has 0 saturated heterocycles. The Morgan fingerprint density at radius 1 is 1.82 bits per heavy atom. The van der Waals surface area contributed by atoms with Crippen LogP contribution in [0.3, 0.4) is 0 Å². The highest BCUT2D eigenvalue weighted by Crippen LogP contribution is 1.94. The van der Waals surface area contributed by atoms with Crippen LogP contribution in [-0.2, 0) is 4.74 Å². The maximum atomic E-state index is 10.9. The smallest absolute Gasteiger partial charge is 0.358 e. The molecule has 5 heteroatoms. The van der Waals surface area contributed by atoms with E-state index in [-0.39, 0.29) is 0 Å². The van der Waals surface area contributed by atoms with Gasteiger partial charge in [-0.05, 0) is 0 Å². The second kappa shape index (κ2) is 4.02. The summed E-state index contributed by atoms with van der Waals surface area (Å²) in [5.41, 5.74) is 0.298. The summed E-state index contributed by atoms with van der Waals surface area (Å²) < 4.78 is 4.74. The van der Waals surface area contributed by atoms with Crippen LogP contribution in [0, 0.1) is 0 Å². The fourth-order valence-corrected chi connectivity index (χ4v) is 0.675. The monoisotopic (exact) mass is 172 g/mol. The summed E-state index contributed by atoms with van der Waals surface area (Å²) in [5, 5.41) is 0. The second-order valence-corrected chi connectivity index (χ2v) is 2.26. The first-order valence-corrected chi connectivity index (χ1v) is 3.74. The second-order valence-electron chi connectivity index (χ2n) is 1.81. The van der Waals surface area contributed by atoms with E-state index in [4.69, 9.17) is 4.74 Å². The lowest BCUT2D eigenvalue weighted by Gasteiger charge is -1.97. The number of aromatic nitrogens is 2. The van der Waals surface area contributed by atoms with Gasteiger partial charge in [0.1, 0.15) is 6.61 Å². The Bertz CT molecular complexity index is 222. The molecule has 0 radical (unpaired) electrons. The van der Waals surface area contributed by atoms with Crippen LogP contribution in [0.4, 0.5) is 0 Å². The number of rotatable bonds is 3. The van der Waals surface area contributed by atoms with Crippen molar-refractivity contribution < 1.29 is 9.53 Å². The fourth-order valence-electron chi connectivity index (χ4n) is 0.584. The first-order valence-electron chi connectivity index (χ1n) is 3.11. The molecule has 0 fully saturated rings. The highest BCUT2D eigenvalue weighted by atomic mass is 32.1. The number of thiol groups is 1. The van der Waals surface area contributed by atoms with Gasteiger partial charge in [-0.3, -0.25) is 0 Å². The molecule has 0 amide bonds. The lowest BCUT2D eigenvalue weighted by Crippen LogP contribution is -2.07. The molecule has 1 aromatic rings. The van der Waals surface area contributed by atoms with Gasteiger partial charge in [0.2, 0.25) is 0 Å².